The summed E-state index contributed by atoms with van der Waals surface area (Å²) in [5.74, 6) is 1.92. The largest absolute Gasteiger partial charge is 0.327 e. The van der Waals surface area contributed by atoms with Crippen molar-refractivity contribution in [3.63, 3.8) is 0 Å². The first-order chi connectivity index (χ1) is 10.1. The van der Waals surface area contributed by atoms with E-state index in [1.165, 1.54) is 23.1 Å². The van der Waals surface area contributed by atoms with Gasteiger partial charge in [-0.05, 0) is 47.3 Å². The van der Waals surface area contributed by atoms with Crippen molar-refractivity contribution in [2.45, 2.75) is 44.6 Å². The smallest absolute Gasteiger partial charge is 0.0114 e. The maximum absolute atomic E-state index is 6.44. The number of hydrogen-bond donors (Lipinski definition) is 1. The molecule has 2 aromatic rings. The van der Waals surface area contributed by atoms with Crippen LogP contribution in [-0.4, -0.2) is 6.04 Å². The summed E-state index contributed by atoms with van der Waals surface area (Å²) in [6.45, 7) is 4.46. The zero-order chi connectivity index (χ0) is 14.8. The molecule has 1 aliphatic rings. The predicted octanol–water partition coefficient (Wildman–Crippen LogP) is 4.48. The van der Waals surface area contributed by atoms with E-state index in [0.717, 1.165) is 6.42 Å². The highest BCUT2D eigenvalue weighted by molar-refractivity contribution is 5.29. The third-order valence-electron chi connectivity index (χ3n) is 4.74. The third kappa shape index (κ3) is 3.36. The molecule has 21 heavy (non-hydrogen) atoms. The summed E-state index contributed by atoms with van der Waals surface area (Å²) in [4.78, 5) is 0. The fourth-order valence-corrected chi connectivity index (χ4v) is 3.23. The standard InChI is InChI=1S/C20H25N/c1-14(2)16-10-8-15(9-11-16)12-20(21)19-13-18(19)17-6-4-3-5-7-17/h3-11,14,18-20H,12-13,21H2,1-2H3. The fourth-order valence-electron chi connectivity index (χ4n) is 3.23. The van der Waals surface area contributed by atoms with Gasteiger partial charge >= 0.3 is 0 Å². The van der Waals surface area contributed by atoms with Crippen LogP contribution in [0.15, 0.2) is 54.6 Å². The predicted molar refractivity (Wildman–Crippen MR) is 89.5 cm³/mol. The summed E-state index contributed by atoms with van der Waals surface area (Å²) in [5, 5.41) is 0. The van der Waals surface area contributed by atoms with Crippen LogP contribution in [0.25, 0.3) is 0 Å². The second-order valence-corrected chi connectivity index (χ2v) is 6.68. The van der Waals surface area contributed by atoms with Gasteiger partial charge in [-0.1, -0.05) is 68.4 Å². The van der Waals surface area contributed by atoms with Gasteiger partial charge in [0.1, 0.15) is 0 Å². The Bertz CT molecular complexity index is 571. The normalized spacial score (nSPS) is 22.3. The maximum Gasteiger partial charge on any atom is 0.0114 e. The van der Waals surface area contributed by atoms with Gasteiger partial charge in [-0.2, -0.15) is 0 Å². The molecule has 1 nitrogen and oxygen atoms in total. The van der Waals surface area contributed by atoms with Crippen LogP contribution in [0.1, 0.15) is 48.8 Å². The van der Waals surface area contributed by atoms with E-state index in [9.17, 15) is 0 Å². The van der Waals surface area contributed by atoms with Crippen LogP contribution in [0, 0.1) is 5.92 Å². The lowest BCUT2D eigenvalue weighted by atomic mass is 9.97. The van der Waals surface area contributed by atoms with Crippen LogP contribution in [0.3, 0.4) is 0 Å². The van der Waals surface area contributed by atoms with Crippen molar-refractivity contribution in [2.75, 3.05) is 0 Å². The Kier molecular flexibility index (Phi) is 4.12. The van der Waals surface area contributed by atoms with E-state index < -0.39 is 0 Å². The Morgan fingerprint density at radius 2 is 1.67 bits per heavy atom. The van der Waals surface area contributed by atoms with E-state index in [-0.39, 0.29) is 6.04 Å². The summed E-state index contributed by atoms with van der Waals surface area (Å²) in [6, 6.07) is 20.1. The summed E-state index contributed by atoms with van der Waals surface area (Å²) >= 11 is 0. The lowest BCUT2D eigenvalue weighted by molar-refractivity contribution is 0.577. The quantitative estimate of drug-likeness (QED) is 0.857. The molecule has 0 radical (unpaired) electrons. The second kappa shape index (κ2) is 6.03. The van der Waals surface area contributed by atoms with Crippen LogP contribution >= 0.6 is 0 Å². The first kappa shape index (κ1) is 14.3. The molecule has 2 N–H and O–H groups in total. The van der Waals surface area contributed by atoms with Gasteiger partial charge in [-0.25, -0.2) is 0 Å². The molecule has 0 aromatic heterocycles. The topological polar surface area (TPSA) is 26.0 Å². The van der Waals surface area contributed by atoms with Gasteiger partial charge in [0.05, 0.1) is 0 Å². The summed E-state index contributed by atoms with van der Waals surface area (Å²) in [6.07, 6.45) is 2.24. The van der Waals surface area contributed by atoms with Gasteiger partial charge < -0.3 is 5.73 Å². The van der Waals surface area contributed by atoms with Crippen LogP contribution < -0.4 is 5.73 Å². The van der Waals surface area contributed by atoms with E-state index >= 15 is 0 Å². The number of benzene rings is 2. The lowest BCUT2D eigenvalue weighted by Crippen LogP contribution is -2.25. The van der Waals surface area contributed by atoms with Crippen molar-refractivity contribution >= 4 is 0 Å². The summed E-state index contributed by atoms with van der Waals surface area (Å²) in [5.41, 5.74) is 10.7. The first-order valence-electron chi connectivity index (χ1n) is 8.04. The molecule has 0 bridgehead atoms. The average molecular weight is 279 g/mol. The molecule has 1 aliphatic carbocycles. The molecule has 1 heteroatoms. The molecule has 3 atom stereocenters. The minimum atomic E-state index is 0.278. The molecule has 0 spiro atoms. The fraction of sp³-hybridized carbons (Fsp3) is 0.400. The molecule has 1 saturated carbocycles. The van der Waals surface area contributed by atoms with Crippen LogP contribution in [-0.2, 0) is 6.42 Å². The Balaban J connectivity index is 1.59. The van der Waals surface area contributed by atoms with Crippen molar-refractivity contribution in [3.05, 3.63) is 71.3 Å². The van der Waals surface area contributed by atoms with E-state index in [1.54, 1.807) is 0 Å². The average Bonchev–Trinajstić information content (AvgIpc) is 3.29. The van der Waals surface area contributed by atoms with Gasteiger partial charge in [0.25, 0.3) is 0 Å². The molecular formula is C20H25N. The lowest BCUT2D eigenvalue weighted by Gasteiger charge is -2.13. The first-order valence-corrected chi connectivity index (χ1v) is 8.04. The minimum Gasteiger partial charge on any atom is -0.327 e. The van der Waals surface area contributed by atoms with Gasteiger partial charge in [0.15, 0.2) is 0 Å². The Labute approximate surface area is 128 Å². The third-order valence-corrected chi connectivity index (χ3v) is 4.74. The Hall–Kier alpha value is -1.60. The Morgan fingerprint density at radius 3 is 2.29 bits per heavy atom. The second-order valence-electron chi connectivity index (χ2n) is 6.68. The van der Waals surface area contributed by atoms with Crippen molar-refractivity contribution in [2.24, 2.45) is 11.7 Å². The number of hydrogen-bond acceptors (Lipinski definition) is 1. The molecule has 1 fully saturated rings. The van der Waals surface area contributed by atoms with Gasteiger partial charge in [0.2, 0.25) is 0 Å². The van der Waals surface area contributed by atoms with Gasteiger partial charge in [-0.3, -0.25) is 0 Å². The number of rotatable bonds is 5. The molecule has 0 aliphatic heterocycles. The highest BCUT2D eigenvalue weighted by Gasteiger charge is 2.42. The maximum atomic E-state index is 6.44. The molecule has 0 amide bonds. The van der Waals surface area contributed by atoms with Crippen molar-refractivity contribution < 1.29 is 0 Å². The SMILES string of the molecule is CC(C)c1ccc(CC(N)C2CC2c2ccccc2)cc1. The molecule has 110 valence electrons. The molecule has 2 aromatic carbocycles. The summed E-state index contributed by atoms with van der Waals surface area (Å²) < 4.78 is 0. The molecule has 0 heterocycles. The van der Waals surface area contributed by atoms with Gasteiger partial charge in [0, 0.05) is 6.04 Å². The monoisotopic (exact) mass is 279 g/mol. The van der Waals surface area contributed by atoms with E-state index in [2.05, 4.69) is 68.4 Å². The van der Waals surface area contributed by atoms with Crippen molar-refractivity contribution in [3.8, 4) is 0 Å². The van der Waals surface area contributed by atoms with E-state index in [1.807, 2.05) is 0 Å². The number of nitrogens with two attached hydrogens (primary N) is 1. The highest BCUT2D eigenvalue weighted by Crippen LogP contribution is 2.49. The molecule has 0 saturated heterocycles. The molecule has 3 rings (SSSR count). The Morgan fingerprint density at radius 1 is 1.00 bits per heavy atom. The van der Waals surface area contributed by atoms with Crippen molar-refractivity contribution in [1.82, 2.24) is 0 Å². The van der Waals surface area contributed by atoms with Crippen molar-refractivity contribution in [1.29, 1.82) is 0 Å². The van der Waals surface area contributed by atoms with E-state index in [0.29, 0.717) is 17.8 Å². The van der Waals surface area contributed by atoms with Gasteiger partial charge in [-0.15, -0.1) is 0 Å². The highest BCUT2D eigenvalue weighted by atomic mass is 14.7. The zero-order valence-electron chi connectivity index (χ0n) is 13.0. The summed E-state index contributed by atoms with van der Waals surface area (Å²) in [7, 11) is 0. The van der Waals surface area contributed by atoms with Crippen LogP contribution in [0.2, 0.25) is 0 Å². The molecule has 3 unspecified atom stereocenters. The van der Waals surface area contributed by atoms with Crippen LogP contribution in [0.5, 0.6) is 0 Å². The van der Waals surface area contributed by atoms with Crippen LogP contribution in [0.4, 0.5) is 0 Å². The zero-order valence-corrected chi connectivity index (χ0v) is 13.0. The molecular weight excluding hydrogens is 254 g/mol. The minimum absolute atomic E-state index is 0.278. The van der Waals surface area contributed by atoms with E-state index in [4.69, 9.17) is 5.73 Å².